The van der Waals surface area contributed by atoms with Gasteiger partial charge in [0.15, 0.2) is 0 Å². The largest absolute Gasteiger partial charge is 0.545 e. The molecule has 0 fully saturated rings. The highest BCUT2D eigenvalue weighted by Gasteiger charge is 2.42. The maximum absolute atomic E-state index is 13.0. The van der Waals surface area contributed by atoms with E-state index in [9.17, 15) is 19.8 Å². The molecule has 0 atom stereocenters. The first kappa shape index (κ1) is 29.1. The van der Waals surface area contributed by atoms with Gasteiger partial charge in [-0.2, -0.15) is 0 Å². The highest BCUT2D eigenvalue weighted by molar-refractivity contribution is 6.40. The Morgan fingerprint density at radius 3 is 2.11 bits per heavy atom. The summed E-state index contributed by atoms with van der Waals surface area (Å²) in [6.07, 6.45) is 4.78. The van der Waals surface area contributed by atoms with Crippen LogP contribution in [0.2, 0.25) is 10.0 Å². The van der Waals surface area contributed by atoms with Crippen molar-refractivity contribution in [3.8, 4) is 11.5 Å². The number of carbonyl (C=O) groups excluding carboxylic acids is 2. The maximum atomic E-state index is 13.0. The van der Waals surface area contributed by atoms with Gasteiger partial charge in [0.1, 0.15) is 11.5 Å². The first-order chi connectivity index (χ1) is 21.8. The average molecular weight is 648 g/mol. The molecule has 230 valence electrons. The second-order valence-corrected chi connectivity index (χ2v) is 14.6. The fraction of sp³-hybridized carbons (Fsp3) is 0.231. The number of aryl methyl sites for hydroxylation is 1. The molecule has 46 heavy (non-hydrogen) atoms. The van der Waals surface area contributed by atoms with Crippen molar-refractivity contribution >= 4 is 68.3 Å². The van der Waals surface area contributed by atoms with E-state index in [0.717, 1.165) is 63.2 Å². The van der Waals surface area contributed by atoms with Gasteiger partial charge in [-0.1, -0.05) is 106 Å². The van der Waals surface area contributed by atoms with Crippen molar-refractivity contribution in [1.82, 2.24) is 0 Å². The van der Waals surface area contributed by atoms with Crippen molar-refractivity contribution in [1.29, 1.82) is 0 Å². The van der Waals surface area contributed by atoms with E-state index in [2.05, 4.69) is 45.9 Å². The van der Waals surface area contributed by atoms with E-state index in [0.29, 0.717) is 27.9 Å². The molecule has 5 aromatic rings. The predicted octanol–water partition coefficient (Wildman–Crippen LogP) is 6.07. The predicted molar refractivity (Wildman–Crippen MR) is 177 cm³/mol. The molecule has 3 aliphatic rings. The summed E-state index contributed by atoms with van der Waals surface area (Å²) in [6, 6.07) is 17.0. The summed E-state index contributed by atoms with van der Waals surface area (Å²) < 4.78 is 7.24. The number of carbonyl (C=O) groups is 2. The molecule has 1 aliphatic heterocycles. The highest BCUT2D eigenvalue weighted by Crippen LogP contribution is 2.55. The molecule has 5 nitrogen and oxygen atoms in total. The van der Waals surface area contributed by atoms with E-state index < -0.39 is 17.5 Å². The zero-order valence-electron chi connectivity index (χ0n) is 25.7. The third-order valence-corrected chi connectivity index (χ3v) is 10.9. The average Bonchev–Trinajstić information content (AvgIpc) is 3.52. The van der Waals surface area contributed by atoms with Gasteiger partial charge in [-0.15, -0.1) is 0 Å². The van der Waals surface area contributed by atoms with Gasteiger partial charge in [0.25, 0.3) is 0 Å². The molecule has 8 rings (SSSR count). The van der Waals surface area contributed by atoms with Crippen LogP contribution in [-0.2, 0) is 17.3 Å². The second-order valence-electron chi connectivity index (χ2n) is 13.8. The molecule has 5 aromatic carbocycles. The van der Waals surface area contributed by atoms with Crippen LogP contribution >= 0.6 is 23.2 Å². The van der Waals surface area contributed by atoms with Gasteiger partial charge in [0.05, 0.1) is 22.0 Å². The Hall–Kier alpha value is -4.32. The number of hydrogen-bond acceptors (Lipinski definition) is 5. The van der Waals surface area contributed by atoms with E-state index in [4.69, 9.17) is 27.9 Å². The van der Waals surface area contributed by atoms with Crippen LogP contribution in [0, 0.1) is 0 Å². The number of aromatic carboxylic acids is 2. The van der Waals surface area contributed by atoms with Gasteiger partial charge in [0, 0.05) is 44.2 Å². The van der Waals surface area contributed by atoms with Crippen molar-refractivity contribution in [2.75, 3.05) is 0 Å². The van der Waals surface area contributed by atoms with Crippen molar-refractivity contribution in [2.24, 2.45) is 0 Å². The van der Waals surface area contributed by atoms with E-state index in [-0.39, 0.29) is 32.0 Å². The summed E-state index contributed by atoms with van der Waals surface area (Å²) in [5.41, 5.74) is 2.97. The van der Waals surface area contributed by atoms with E-state index in [1.54, 1.807) is 0 Å². The quantitative estimate of drug-likeness (QED) is 0.233. The number of benzene rings is 5. The summed E-state index contributed by atoms with van der Waals surface area (Å²) in [5.74, 6) is -1.89. The number of fused-ring (bicyclic) bond motifs is 12. The second kappa shape index (κ2) is 9.60. The molecule has 0 saturated heterocycles. The molecule has 1 heterocycles. The lowest BCUT2D eigenvalue weighted by Gasteiger charge is -2.34. The van der Waals surface area contributed by atoms with Crippen molar-refractivity contribution in [2.45, 2.75) is 57.8 Å². The van der Waals surface area contributed by atoms with Crippen LogP contribution in [0.25, 0.3) is 33.2 Å². The zero-order valence-corrected chi connectivity index (χ0v) is 27.2. The molecule has 0 N–H and O–H groups in total. The number of hydrogen-bond donors (Lipinski definition) is 0. The minimum absolute atomic E-state index is 0.0232. The lowest BCUT2D eigenvalue weighted by atomic mass is 9.77. The van der Waals surface area contributed by atoms with Crippen LogP contribution in [-0.4, -0.2) is 11.9 Å². The maximum Gasteiger partial charge on any atom is 0.140 e. The molecule has 0 unspecified atom stereocenters. The van der Waals surface area contributed by atoms with Crippen LogP contribution in [0.4, 0.5) is 0 Å². The van der Waals surface area contributed by atoms with Gasteiger partial charge < -0.3 is 24.5 Å². The van der Waals surface area contributed by atoms with Crippen molar-refractivity contribution in [3.05, 3.63) is 114 Å². The highest BCUT2D eigenvalue weighted by atomic mass is 35.5. The molecule has 0 bridgehead atoms. The van der Waals surface area contributed by atoms with E-state index >= 15 is 0 Å². The third-order valence-electron chi connectivity index (χ3n) is 10.3. The molecule has 2 aliphatic carbocycles. The van der Waals surface area contributed by atoms with E-state index in [1.807, 2.05) is 36.4 Å². The minimum Gasteiger partial charge on any atom is -0.545 e. The Labute approximate surface area is 275 Å². The van der Waals surface area contributed by atoms with Crippen LogP contribution in [0.15, 0.2) is 54.6 Å². The number of halogens is 2. The van der Waals surface area contributed by atoms with Gasteiger partial charge in [-0.05, 0) is 68.5 Å². The number of carboxylic acids is 2. The minimum atomic E-state index is -1.57. The topological polar surface area (TPSA) is 89.5 Å². The van der Waals surface area contributed by atoms with Crippen molar-refractivity contribution < 1.29 is 24.5 Å². The number of rotatable bonds is 3. The zero-order chi connectivity index (χ0) is 32.4. The molecule has 0 saturated carbocycles. The SMILES string of the molecule is CC1(C)CCc2c1c1c(c3ccccc23)C(c2c(Cl)c(C(=O)[O-])cc(Cl)c2C(=O)[O-])=c2c(c3c(c4ccccc24)=CCC3(C)C)O1. The summed E-state index contributed by atoms with van der Waals surface area (Å²) in [5, 5.41) is 30.2. The fourth-order valence-electron chi connectivity index (χ4n) is 8.19. The molecular weight excluding hydrogens is 619 g/mol. The van der Waals surface area contributed by atoms with Gasteiger partial charge in [0.2, 0.25) is 0 Å². The van der Waals surface area contributed by atoms with Crippen LogP contribution in [0.1, 0.15) is 89.1 Å². The summed E-state index contributed by atoms with van der Waals surface area (Å²) in [7, 11) is 0. The Bertz CT molecular complexity index is 2400. The smallest absolute Gasteiger partial charge is 0.140 e. The van der Waals surface area contributed by atoms with Gasteiger partial charge in [-0.25, -0.2) is 0 Å². The number of carboxylic acid groups (broad SMARTS) is 2. The monoisotopic (exact) mass is 646 g/mol. The van der Waals surface area contributed by atoms with Gasteiger partial charge >= 0.3 is 0 Å². The Balaban J connectivity index is 1.76. The molecular formula is C39H28Cl2O5-2. The first-order valence-corrected chi connectivity index (χ1v) is 16.1. The fourth-order valence-corrected chi connectivity index (χ4v) is 8.79. The normalized spacial score (nSPS) is 16.8. The van der Waals surface area contributed by atoms with Gasteiger partial charge in [-0.3, -0.25) is 0 Å². The standard InChI is InChI=1S/C39H30Cl2O5/c1-38(2)15-13-22-18-9-5-7-11-20(18)26-29(30-28(37(44)45)25(40)17-24(33(30)41)36(42)43)27-21-12-8-6-10-19(21)23-14-16-39(3,4)32(23)35(27)46-34(26)31(22)38/h5-13,17H,14-16H2,1-4H3,(H,42,43)(H,44,45)/p-2. The third kappa shape index (κ3) is 3.76. The molecule has 0 radical (unpaired) electrons. The molecule has 7 heteroatoms. The summed E-state index contributed by atoms with van der Waals surface area (Å²) >= 11 is 13.6. The lowest BCUT2D eigenvalue weighted by Crippen LogP contribution is -2.32. The number of ether oxygens (including phenoxy) is 1. The first-order valence-electron chi connectivity index (χ1n) is 15.3. The molecule has 0 spiro atoms. The summed E-state index contributed by atoms with van der Waals surface area (Å²) in [4.78, 5) is 25.4. The Morgan fingerprint density at radius 2 is 1.43 bits per heavy atom. The summed E-state index contributed by atoms with van der Waals surface area (Å²) in [6.45, 7) is 8.74. The van der Waals surface area contributed by atoms with Crippen LogP contribution < -0.4 is 25.4 Å². The van der Waals surface area contributed by atoms with Crippen molar-refractivity contribution in [3.63, 3.8) is 0 Å². The Kier molecular flexibility index (Phi) is 6.07. The Morgan fingerprint density at radius 1 is 0.783 bits per heavy atom. The van der Waals surface area contributed by atoms with Crippen LogP contribution in [0.3, 0.4) is 0 Å². The molecule has 0 amide bonds. The van der Waals surface area contributed by atoms with E-state index in [1.165, 1.54) is 5.56 Å². The lowest BCUT2D eigenvalue weighted by molar-refractivity contribution is -0.256. The molecule has 0 aromatic heterocycles. The van der Waals surface area contributed by atoms with Crippen LogP contribution in [0.5, 0.6) is 11.5 Å².